The Morgan fingerprint density at radius 1 is 1.32 bits per heavy atom. The Labute approximate surface area is 148 Å². The number of hydrogen-bond acceptors (Lipinski definition) is 4. The smallest absolute Gasteiger partial charge is 0.335 e. The maximum Gasteiger partial charge on any atom is 0.335 e. The minimum Gasteiger partial charge on any atom is -0.496 e. The predicted octanol–water partition coefficient (Wildman–Crippen LogP) is 3.31. The van der Waals surface area contributed by atoms with E-state index in [2.05, 4.69) is 0 Å². The quantitative estimate of drug-likeness (QED) is 0.885. The maximum atomic E-state index is 13.1. The molecular formula is C18H16FNO4S. The van der Waals surface area contributed by atoms with Crippen LogP contribution in [0.1, 0.15) is 26.9 Å². The number of hydrogen-bond donors (Lipinski definition) is 1. The van der Waals surface area contributed by atoms with Crippen LogP contribution in [0.15, 0.2) is 42.5 Å². The summed E-state index contributed by atoms with van der Waals surface area (Å²) in [6.45, 7) is 0.289. The Hall–Kier alpha value is -2.54. The molecule has 1 aliphatic heterocycles. The number of carbonyl (C=O) groups is 2. The average Bonchev–Trinajstić information content (AvgIpc) is 2.96. The van der Waals surface area contributed by atoms with Crippen molar-refractivity contribution < 1.29 is 23.8 Å². The van der Waals surface area contributed by atoms with Gasteiger partial charge in [-0.25, -0.2) is 9.18 Å². The molecule has 7 heteroatoms. The van der Waals surface area contributed by atoms with E-state index in [9.17, 15) is 14.0 Å². The number of carbonyl (C=O) groups excluding carboxylic acids is 1. The Balaban J connectivity index is 1.88. The number of carboxylic acids is 1. The lowest BCUT2D eigenvalue weighted by Gasteiger charge is -2.25. The third-order valence-electron chi connectivity index (χ3n) is 4.00. The molecule has 1 heterocycles. The molecule has 0 spiro atoms. The Morgan fingerprint density at radius 2 is 2.04 bits per heavy atom. The van der Waals surface area contributed by atoms with Gasteiger partial charge in [-0.05, 0) is 29.8 Å². The molecule has 130 valence electrons. The van der Waals surface area contributed by atoms with Gasteiger partial charge in [-0.2, -0.15) is 0 Å². The second-order valence-corrected chi connectivity index (χ2v) is 6.64. The number of aromatic carboxylic acids is 1. The predicted molar refractivity (Wildman–Crippen MR) is 92.1 cm³/mol. The molecule has 3 rings (SSSR count). The van der Waals surface area contributed by atoms with Crippen LogP contribution >= 0.6 is 11.8 Å². The summed E-state index contributed by atoms with van der Waals surface area (Å²) in [4.78, 5) is 25.1. The summed E-state index contributed by atoms with van der Waals surface area (Å²) in [6, 6.07) is 10.7. The van der Waals surface area contributed by atoms with E-state index in [0.29, 0.717) is 11.5 Å². The topological polar surface area (TPSA) is 66.8 Å². The van der Waals surface area contributed by atoms with Gasteiger partial charge in [0.1, 0.15) is 16.9 Å². The lowest BCUT2D eigenvalue weighted by atomic mass is 10.1. The Morgan fingerprint density at radius 3 is 2.68 bits per heavy atom. The normalized spacial score (nSPS) is 17.0. The van der Waals surface area contributed by atoms with Gasteiger partial charge < -0.3 is 14.7 Å². The van der Waals surface area contributed by atoms with Crippen LogP contribution in [0.3, 0.4) is 0 Å². The fourth-order valence-electron chi connectivity index (χ4n) is 2.72. The summed E-state index contributed by atoms with van der Waals surface area (Å²) in [6.07, 6.45) is 0. The zero-order valence-corrected chi connectivity index (χ0v) is 14.3. The number of nitrogens with zero attached hydrogens (tertiary/aromatic N) is 1. The van der Waals surface area contributed by atoms with E-state index in [1.807, 2.05) is 0 Å². The number of halogens is 1. The standard InChI is InChI=1S/C18H16FNO4S/c1-24-15-8-12(18(22)23)2-3-13(15)9-20-16(21)10-25-17(20)11-4-6-14(19)7-5-11/h2-8,17H,9-10H2,1H3,(H,22,23). The first-order chi connectivity index (χ1) is 12.0. The van der Waals surface area contributed by atoms with Crippen LogP contribution in [0, 0.1) is 5.82 Å². The zero-order chi connectivity index (χ0) is 18.0. The van der Waals surface area contributed by atoms with Gasteiger partial charge in [0.15, 0.2) is 0 Å². The molecule has 0 radical (unpaired) electrons. The summed E-state index contributed by atoms with van der Waals surface area (Å²) in [5.74, 6) is -0.624. The number of amides is 1. The highest BCUT2D eigenvalue weighted by Gasteiger charge is 2.33. The highest BCUT2D eigenvalue weighted by Crippen LogP contribution is 2.40. The van der Waals surface area contributed by atoms with Crippen molar-refractivity contribution >= 4 is 23.6 Å². The molecule has 25 heavy (non-hydrogen) atoms. The minimum atomic E-state index is -1.04. The van der Waals surface area contributed by atoms with Crippen molar-refractivity contribution in [1.29, 1.82) is 0 Å². The first-order valence-corrected chi connectivity index (χ1v) is 8.61. The molecule has 0 bridgehead atoms. The highest BCUT2D eigenvalue weighted by atomic mass is 32.2. The first-order valence-electron chi connectivity index (χ1n) is 7.56. The minimum absolute atomic E-state index is 0.0244. The van der Waals surface area contributed by atoms with Gasteiger partial charge in [0.2, 0.25) is 5.91 Å². The van der Waals surface area contributed by atoms with Gasteiger partial charge in [-0.3, -0.25) is 4.79 Å². The molecule has 2 aromatic carbocycles. The summed E-state index contributed by atoms with van der Waals surface area (Å²) in [5, 5.41) is 8.87. The second-order valence-electron chi connectivity index (χ2n) is 5.57. The molecule has 0 saturated carbocycles. The third kappa shape index (κ3) is 3.61. The first kappa shape index (κ1) is 17.3. The molecule has 1 atom stereocenters. The highest BCUT2D eigenvalue weighted by molar-refractivity contribution is 8.00. The van der Waals surface area contributed by atoms with E-state index in [-0.39, 0.29) is 29.2 Å². The fourth-order valence-corrected chi connectivity index (χ4v) is 3.91. The molecule has 5 nitrogen and oxygen atoms in total. The summed E-state index contributed by atoms with van der Waals surface area (Å²) in [7, 11) is 1.46. The summed E-state index contributed by atoms with van der Waals surface area (Å²) in [5.41, 5.74) is 1.69. The van der Waals surface area contributed by atoms with Crippen LogP contribution in [-0.2, 0) is 11.3 Å². The average molecular weight is 361 g/mol. The molecule has 1 aliphatic rings. The van der Waals surface area contributed by atoms with Gasteiger partial charge in [0.25, 0.3) is 0 Å². The molecule has 2 aromatic rings. The van der Waals surface area contributed by atoms with Gasteiger partial charge in [-0.15, -0.1) is 11.8 Å². The summed E-state index contributed by atoms with van der Waals surface area (Å²) >= 11 is 1.48. The van der Waals surface area contributed by atoms with Crippen LogP contribution in [0.2, 0.25) is 0 Å². The molecule has 1 saturated heterocycles. The third-order valence-corrected chi connectivity index (χ3v) is 5.25. The van der Waals surface area contributed by atoms with Crippen LogP contribution in [0.5, 0.6) is 5.75 Å². The van der Waals surface area contributed by atoms with Gasteiger partial charge in [-0.1, -0.05) is 18.2 Å². The molecular weight excluding hydrogens is 345 g/mol. The maximum absolute atomic E-state index is 13.1. The molecule has 1 amide bonds. The number of thioether (sulfide) groups is 1. The number of carboxylic acid groups (broad SMARTS) is 1. The van der Waals surface area contributed by atoms with Gasteiger partial charge in [0, 0.05) is 5.56 Å². The lowest BCUT2D eigenvalue weighted by Crippen LogP contribution is -2.28. The Kier molecular flexibility index (Phi) is 4.94. The van der Waals surface area contributed by atoms with Crippen molar-refractivity contribution in [2.45, 2.75) is 11.9 Å². The number of ether oxygens (including phenoxy) is 1. The molecule has 1 fully saturated rings. The number of methoxy groups -OCH3 is 1. The van der Waals surface area contributed by atoms with E-state index in [1.165, 1.54) is 43.1 Å². The van der Waals surface area contributed by atoms with Crippen molar-refractivity contribution in [2.75, 3.05) is 12.9 Å². The second kappa shape index (κ2) is 7.14. The van der Waals surface area contributed by atoms with Crippen molar-refractivity contribution in [1.82, 2.24) is 4.90 Å². The van der Waals surface area contributed by atoms with Crippen molar-refractivity contribution in [3.05, 3.63) is 65.0 Å². The SMILES string of the molecule is COc1cc(C(=O)O)ccc1CN1C(=O)CSC1c1ccc(F)cc1. The van der Waals surface area contributed by atoms with E-state index in [1.54, 1.807) is 23.1 Å². The summed E-state index contributed by atoms with van der Waals surface area (Å²) < 4.78 is 18.4. The van der Waals surface area contributed by atoms with Crippen LogP contribution < -0.4 is 4.74 Å². The van der Waals surface area contributed by atoms with E-state index < -0.39 is 5.97 Å². The van der Waals surface area contributed by atoms with E-state index in [4.69, 9.17) is 9.84 Å². The molecule has 0 aromatic heterocycles. The lowest BCUT2D eigenvalue weighted by molar-refractivity contribution is -0.128. The van der Waals surface area contributed by atoms with Crippen molar-refractivity contribution in [3.63, 3.8) is 0 Å². The van der Waals surface area contributed by atoms with Gasteiger partial charge >= 0.3 is 5.97 Å². The Bertz CT molecular complexity index is 809. The largest absolute Gasteiger partial charge is 0.496 e. The number of rotatable bonds is 5. The van der Waals surface area contributed by atoms with E-state index >= 15 is 0 Å². The van der Waals surface area contributed by atoms with Crippen LogP contribution in [0.25, 0.3) is 0 Å². The zero-order valence-electron chi connectivity index (χ0n) is 13.4. The fraction of sp³-hybridized carbons (Fsp3) is 0.222. The monoisotopic (exact) mass is 361 g/mol. The molecule has 0 aliphatic carbocycles. The van der Waals surface area contributed by atoms with Gasteiger partial charge in [0.05, 0.1) is 25.0 Å². The molecule has 1 N–H and O–H groups in total. The van der Waals surface area contributed by atoms with Crippen molar-refractivity contribution in [2.24, 2.45) is 0 Å². The van der Waals surface area contributed by atoms with E-state index in [0.717, 1.165) is 11.1 Å². The van der Waals surface area contributed by atoms with Crippen LogP contribution in [-0.4, -0.2) is 34.7 Å². The molecule has 1 unspecified atom stereocenters. The van der Waals surface area contributed by atoms with Crippen molar-refractivity contribution in [3.8, 4) is 5.75 Å². The number of benzene rings is 2. The van der Waals surface area contributed by atoms with Crippen LogP contribution in [0.4, 0.5) is 4.39 Å².